The Morgan fingerprint density at radius 1 is 1.19 bits per heavy atom. The smallest absolute Gasteiger partial charge is 0.338 e. The largest absolute Gasteiger partial charge is 0.462 e. The molecule has 0 atom stereocenters. The summed E-state index contributed by atoms with van der Waals surface area (Å²) >= 11 is 3.09. The molecule has 0 saturated carbocycles. The zero-order valence-corrected chi connectivity index (χ0v) is 13.7. The van der Waals surface area contributed by atoms with Gasteiger partial charge >= 0.3 is 5.97 Å². The SMILES string of the molecule is CCOC(=O)c1ccc(N(CCC(=O)CBr)C(C)=O)cc1. The third-order valence-corrected chi connectivity index (χ3v) is 3.46. The number of halogens is 1. The number of benzene rings is 1. The lowest BCUT2D eigenvalue weighted by atomic mass is 10.2. The number of esters is 1. The van der Waals surface area contributed by atoms with Crippen LogP contribution in [0.3, 0.4) is 0 Å². The van der Waals surface area contributed by atoms with Crippen LogP contribution in [0.4, 0.5) is 5.69 Å². The minimum absolute atomic E-state index is 0.0318. The number of amides is 1. The Morgan fingerprint density at radius 2 is 1.81 bits per heavy atom. The van der Waals surface area contributed by atoms with E-state index in [2.05, 4.69) is 15.9 Å². The Bertz CT molecular complexity index is 513. The van der Waals surface area contributed by atoms with Crippen molar-refractivity contribution in [2.45, 2.75) is 20.3 Å². The molecule has 0 aliphatic rings. The van der Waals surface area contributed by atoms with Crippen LogP contribution in [0.25, 0.3) is 0 Å². The van der Waals surface area contributed by atoms with Crippen molar-refractivity contribution >= 4 is 39.3 Å². The fourth-order valence-corrected chi connectivity index (χ4v) is 2.04. The average molecular weight is 356 g/mol. The molecule has 0 saturated heterocycles. The molecule has 0 fully saturated rings. The van der Waals surface area contributed by atoms with Gasteiger partial charge in [-0.15, -0.1) is 0 Å². The molecule has 0 bridgehead atoms. The van der Waals surface area contributed by atoms with Gasteiger partial charge in [0.25, 0.3) is 0 Å². The van der Waals surface area contributed by atoms with Crippen LogP contribution in [0.1, 0.15) is 30.6 Å². The first-order valence-electron chi connectivity index (χ1n) is 6.62. The molecular formula is C15H18BrNO4. The Hall–Kier alpha value is -1.69. The highest BCUT2D eigenvalue weighted by Gasteiger charge is 2.14. The van der Waals surface area contributed by atoms with Gasteiger partial charge in [-0.2, -0.15) is 0 Å². The van der Waals surface area contributed by atoms with Crippen LogP contribution >= 0.6 is 15.9 Å². The number of carbonyl (C=O) groups is 3. The van der Waals surface area contributed by atoms with E-state index in [0.717, 1.165) is 0 Å². The Kier molecular flexibility index (Phi) is 7.08. The van der Waals surface area contributed by atoms with E-state index < -0.39 is 5.97 Å². The Morgan fingerprint density at radius 3 is 2.29 bits per heavy atom. The van der Waals surface area contributed by atoms with Crippen LogP contribution in [0.2, 0.25) is 0 Å². The summed E-state index contributed by atoms with van der Waals surface area (Å²) in [6.45, 7) is 3.82. The highest BCUT2D eigenvalue weighted by Crippen LogP contribution is 2.17. The topological polar surface area (TPSA) is 63.7 Å². The molecule has 114 valence electrons. The summed E-state index contributed by atoms with van der Waals surface area (Å²) in [4.78, 5) is 36.1. The maximum absolute atomic E-state index is 11.7. The third-order valence-electron chi connectivity index (χ3n) is 2.83. The molecule has 0 aliphatic heterocycles. The maximum atomic E-state index is 11.7. The molecule has 0 spiro atoms. The molecule has 0 heterocycles. The normalized spacial score (nSPS) is 10.0. The number of Topliss-reactive ketones (excluding diaryl/α,β-unsaturated/α-hetero) is 1. The summed E-state index contributed by atoms with van der Waals surface area (Å²) in [5, 5.41) is 0.278. The van der Waals surface area contributed by atoms with Gasteiger partial charge in [-0.25, -0.2) is 4.79 Å². The van der Waals surface area contributed by atoms with Crippen LogP contribution in [0, 0.1) is 0 Å². The molecule has 21 heavy (non-hydrogen) atoms. The lowest BCUT2D eigenvalue weighted by Gasteiger charge is -2.21. The zero-order valence-electron chi connectivity index (χ0n) is 12.1. The molecule has 6 heteroatoms. The highest BCUT2D eigenvalue weighted by atomic mass is 79.9. The van der Waals surface area contributed by atoms with E-state index in [9.17, 15) is 14.4 Å². The number of anilines is 1. The van der Waals surface area contributed by atoms with Crippen LogP contribution in [-0.2, 0) is 14.3 Å². The number of hydrogen-bond donors (Lipinski definition) is 0. The standard InChI is InChI=1S/C15H18BrNO4/c1-3-21-15(20)12-4-6-13(7-5-12)17(11(2)18)9-8-14(19)10-16/h4-7H,3,8-10H2,1-2H3. The molecule has 1 aromatic carbocycles. The molecule has 0 aromatic heterocycles. The monoisotopic (exact) mass is 355 g/mol. The first kappa shape index (κ1) is 17.4. The van der Waals surface area contributed by atoms with E-state index in [-0.39, 0.29) is 23.4 Å². The number of ether oxygens (including phenoxy) is 1. The van der Waals surface area contributed by atoms with Crippen LogP contribution < -0.4 is 4.90 Å². The summed E-state index contributed by atoms with van der Waals surface area (Å²) < 4.78 is 4.90. The van der Waals surface area contributed by atoms with Crippen molar-refractivity contribution in [3.63, 3.8) is 0 Å². The second-order valence-electron chi connectivity index (χ2n) is 4.36. The predicted molar refractivity (Wildman–Crippen MR) is 83.8 cm³/mol. The van der Waals surface area contributed by atoms with Crippen molar-refractivity contribution in [2.24, 2.45) is 0 Å². The number of ketones is 1. The van der Waals surface area contributed by atoms with E-state index >= 15 is 0 Å². The summed E-state index contributed by atoms with van der Waals surface area (Å²) in [6, 6.07) is 6.56. The van der Waals surface area contributed by atoms with Gasteiger partial charge in [0.05, 0.1) is 17.5 Å². The van der Waals surface area contributed by atoms with Crippen molar-refractivity contribution in [3.05, 3.63) is 29.8 Å². The van der Waals surface area contributed by atoms with Gasteiger partial charge in [0.2, 0.25) is 5.91 Å². The molecular weight excluding hydrogens is 338 g/mol. The van der Waals surface area contributed by atoms with Gasteiger partial charge < -0.3 is 9.64 Å². The second kappa shape index (κ2) is 8.56. The number of alkyl halides is 1. The van der Waals surface area contributed by atoms with Gasteiger partial charge in [0, 0.05) is 25.6 Å². The van der Waals surface area contributed by atoms with Crippen LogP contribution in [0.5, 0.6) is 0 Å². The van der Waals surface area contributed by atoms with Crippen LogP contribution in [0.15, 0.2) is 24.3 Å². The zero-order chi connectivity index (χ0) is 15.8. The lowest BCUT2D eigenvalue weighted by molar-refractivity contribution is -0.117. The molecule has 1 rings (SSSR count). The van der Waals surface area contributed by atoms with E-state index in [0.29, 0.717) is 24.4 Å². The van der Waals surface area contributed by atoms with Gasteiger partial charge in [0.1, 0.15) is 5.78 Å². The van der Waals surface area contributed by atoms with Crippen molar-refractivity contribution in [1.82, 2.24) is 0 Å². The first-order valence-corrected chi connectivity index (χ1v) is 7.74. The number of nitrogens with zero attached hydrogens (tertiary/aromatic N) is 1. The summed E-state index contributed by atoms with van der Waals surface area (Å²) in [7, 11) is 0. The van der Waals surface area contributed by atoms with Gasteiger partial charge in [-0.05, 0) is 31.2 Å². The molecule has 0 N–H and O–H groups in total. The minimum atomic E-state index is -0.395. The molecule has 1 aromatic rings. The molecule has 0 radical (unpaired) electrons. The van der Waals surface area contributed by atoms with E-state index in [1.165, 1.54) is 11.8 Å². The van der Waals surface area contributed by atoms with Crippen molar-refractivity contribution in [2.75, 3.05) is 23.4 Å². The fourth-order valence-electron chi connectivity index (χ4n) is 1.76. The molecule has 1 amide bonds. The average Bonchev–Trinajstić information content (AvgIpc) is 2.47. The summed E-state index contributed by atoms with van der Waals surface area (Å²) in [5.74, 6) is -0.515. The quantitative estimate of drug-likeness (QED) is 0.557. The van der Waals surface area contributed by atoms with E-state index in [1.807, 2.05) is 0 Å². The van der Waals surface area contributed by atoms with Gasteiger partial charge in [0.15, 0.2) is 0 Å². The van der Waals surface area contributed by atoms with Crippen molar-refractivity contribution in [1.29, 1.82) is 0 Å². The van der Waals surface area contributed by atoms with E-state index in [1.54, 1.807) is 31.2 Å². The molecule has 0 aliphatic carbocycles. The fraction of sp³-hybridized carbons (Fsp3) is 0.400. The number of rotatable bonds is 7. The minimum Gasteiger partial charge on any atom is -0.462 e. The Balaban J connectivity index is 2.82. The summed E-state index contributed by atoms with van der Waals surface area (Å²) in [5.41, 5.74) is 1.08. The Labute approximate surface area is 132 Å². The maximum Gasteiger partial charge on any atom is 0.338 e. The molecule has 5 nitrogen and oxygen atoms in total. The predicted octanol–water partition coefficient (Wildman–Crippen LogP) is 2.57. The summed E-state index contributed by atoms with van der Waals surface area (Å²) in [6.07, 6.45) is 0.282. The number of hydrogen-bond acceptors (Lipinski definition) is 4. The third kappa shape index (κ3) is 5.30. The van der Waals surface area contributed by atoms with E-state index in [4.69, 9.17) is 4.74 Å². The molecule has 0 unspecified atom stereocenters. The second-order valence-corrected chi connectivity index (χ2v) is 4.92. The highest BCUT2D eigenvalue weighted by molar-refractivity contribution is 9.09. The van der Waals surface area contributed by atoms with Crippen molar-refractivity contribution < 1.29 is 19.1 Å². The van der Waals surface area contributed by atoms with Gasteiger partial charge in [-0.3, -0.25) is 9.59 Å². The first-order chi connectivity index (χ1) is 9.99. The lowest BCUT2D eigenvalue weighted by Crippen LogP contribution is -2.31. The number of carbonyl (C=O) groups excluding carboxylic acids is 3. The van der Waals surface area contributed by atoms with Crippen molar-refractivity contribution in [3.8, 4) is 0 Å². The van der Waals surface area contributed by atoms with Crippen LogP contribution in [-0.4, -0.2) is 36.1 Å². The van der Waals surface area contributed by atoms with Gasteiger partial charge in [-0.1, -0.05) is 15.9 Å².